The second-order valence-electron chi connectivity index (χ2n) is 7.54. The molecule has 2 heterocycles. The monoisotopic (exact) mass is 362 g/mol. The fourth-order valence-electron chi connectivity index (χ4n) is 3.51. The van der Waals surface area contributed by atoms with E-state index in [9.17, 15) is 0 Å². The summed E-state index contributed by atoms with van der Waals surface area (Å²) in [5, 5.41) is 4.65. The third-order valence-corrected chi connectivity index (χ3v) is 5.19. The number of ether oxygens (including phenoxy) is 1. The van der Waals surface area contributed by atoms with Gasteiger partial charge < -0.3 is 10.1 Å². The fourth-order valence-corrected chi connectivity index (χ4v) is 3.51. The molecule has 5 nitrogen and oxygen atoms in total. The predicted octanol–water partition coefficient (Wildman–Crippen LogP) is 3.82. The molecule has 0 atom stereocenters. The quantitative estimate of drug-likeness (QED) is 0.748. The van der Waals surface area contributed by atoms with Gasteiger partial charge in [0, 0.05) is 36.1 Å². The normalized spacial score (nSPS) is 15.8. The number of fused-ring (bicyclic) bond motifs is 1. The molecule has 1 saturated heterocycles. The molecule has 0 aliphatic carbocycles. The highest BCUT2D eigenvalue weighted by Crippen LogP contribution is 2.26. The first-order valence-electron chi connectivity index (χ1n) is 9.52. The first-order chi connectivity index (χ1) is 13.1. The summed E-state index contributed by atoms with van der Waals surface area (Å²) in [6.07, 6.45) is 0. The molecule has 1 fully saturated rings. The first kappa shape index (κ1) is 17.9. The minimum absolute atomic E-state index is 0.0166. The van der Waals surface area contributed by atoms with Crippen LogP contribution in [-0.2, 0) is 4.74 Å². The van der Waals surface area contributed by atoms with E-state index in [0.717, 1.165) is 61.0 Å². The summed E-state index contributed by atoms with van der Waals surface area (Å²) < 4.78 is 5.50. The standard InChI is InChI=1S/C22H26N4O/c1-22(2,26-12-14-27-15-13-26)16-23-21-18-10-6-7-11-19(18)24-20(25-21)17-8-4-3-5-9-17/h3-11H,12-16H2,1-2H3,(H,23,24,25). The summed E-state index contributed by atoms with van der Waals surface area (Å²) in [6, 6.07) is 18.3. The highest BCUT2D eigenvalue weighted by atomic mass is 16.5. The van der Waals surface area contributed by atoms with Gasteiger partial charge in [-0.1, -0.05) is 42.5 Å². The van der Waals surface area contributed by atoms with Crippen LogP contribution in [0.5, 0.6) is 0 Å². The lowest BCUT2D eigenvalue weighted by molar-refractivity contribution is -0.00569. The van der Waals surface area contributed by atoms with Crippen LogP contribution < -0.4 is 5.32 Å². The van der Waals surface area contributed by atoms with Crippen molar-refractivity contribution in [3.8, 4) is 11.4 Å². The molecule has 0 unspecified atom stereocenters. The van der Waals surface area contributed by atoms with Gasteiger partial charge in [0.05, 0.1) is 18.7 Å². The average molecular weight is 362 g/mol. The molecule has 27 heavy (non-hydrogen) atoms. The van der Waals surface area contributed by atoms with Crippen molar-refractivity contribution in [2.24, 2.45) is 0 Å². The lowest BCUT2D eigenvalue weighted by Crippen LogP contribution is -2.53. The van der Waals surface area contributed by atoms with E-state index in [1.807, 2.05) is 48.5 Å². The second-order valence-corrected chi connectivity index (χ2v) is 7.54. The molecule has 2 aromatic carbocycles. The molecule has 3 aromatic rings. The Balaban J connectivity index is 1.64. The van der Waals surface area contributed by atoms with Crippen molar-refractivity contribution < 1.29 is 4.74 Å². The van der Waals surface area contributed by atoms with Crippen LogP contribution in [-0.4, -0.2) is 53.3 Å². The van der Waals surface area contributed by atoms with Crippen molar-refractivity contribution in [3.63, 3.8) is 0 Å². The van der Waals surface area contributed by atoms with Gasteiger partial charge in [0.2, 0.25) is 0 Å². The molecule has 1 aliphatic heterocycles. The Bertz CT molecular complexity index is 905. The Morgan fingerprint density at radius 2 is 1.67 bits per heavy atom. The number of hydrogen-bond donors (Lipinski definition) is 1. The van der Waals surface area contributed by atoms with Gasteiger partial charge in [0.1, 0.15) is 5.82 Å². The smallest absolute Gasteiger partial charge is 0.162 e. The van der Waals surface area contributed by atoms with Gasteiger partial charge >= 0.3 is 0 Å². The van der Waals surface area contributed by atoms with Gasteiger partial charge in [-0.2, -0.15) is 0 Å². The largest absolute Gasteiger partial charge is 0.379 e. The first-order valence-corrected chi connectivity index (χ1v) is 9.52. The highest BCUT2D eigenvalue weighted by molar-refractivity contribution is 5.90. The summed E-state index contributed by atoms with van der Waals surface area (Å²) in [7, 11) is 0. The maximum absolute atomic E-state index is 5.50. The fraction of sp³-hybridized carbons (Fsp3) is 0.364. The van der Waals surface area contributed by atoms with Gasteiger partial charge in [0.25, 0.3) is 0 Å². The van der Waals surface area contributed by atoms with Crippen LogP contribution in [0.15, 0.2) is 54.6 Å². The number of hydrogen-bond acceptors (Lipinski definition) is 5. The number of rotatable bonds is 5. The molecule has 4 rings (SSSR count). The predicted molar refractivity (Wildman–Crippen MR) is 110 cm³/mol. The van der Waals surface area contributed by atoms with Crippen molar-refractivity contribution in [3.05, 3.63) is 54.6 Å². The molecule has 5 heteroatoms. The number of nitrogens with one attached hydrogen (secondary N) is 1. The molecule has 1 N–H and O–H groups in total. The van der Waals surface area contributed by atoms with Crippen LogP contribution in [0.2, 0.25) is 0 Å². The van der Waals surface area contributed by atoms with Gasteiger partial charge in [-0.25, -0.2) is 9.97 Å². The van der Waals surface area contributed by atoms with Crippen molar-refractivity contribution >= 4 is 16.7 Å². The van der Waals surface area contributed by atoms with Crippen LogP contribution in [0.3, 0.4) is 0 Å². The molecule has 0 amide bonds. The molecular weight excluding hydrogens is 336 g/mol. The molecular formula is C22H26N4O. The van der Waals surface area contributed by atoms with E-state index in [0.29, 0.717) is 0 Å². The summed E-state index contributed by atoms with van der Waals surface area (Å²) in [5.41, 5.74) is 2.00. The number of anilines is 1. The molecule has 0 radical (unpaired) electrons. The Hall–Kier alpha value is -2.50. The maximum atomic E-state index is 5.50. The average Bonchev–Trinajstić information content (AvgIpc) is 2.73. The van der Waals surface area contributed by atoms with Gasteiger partial charge in [-0.3, -0.25) is 4.90 Å². The Morgan fingerprint density at radius 1 is 0.963 bits per heavy atom. The number of nitrogens with zero attached hydrogens (tertiary/aromatic N) is 3. The lowest BCUT2D eigenvalue weighted by Gasteiger charge is -2.41. The van der Waals surface area contributed by atoms with E-state index in [4.69, 9.17) is 14.7 Å². The summed E-state index contributed by atoms with van der Waals surface area (Å²) in [5.74, 6) is 1.64. The highest BCUT2D eigenvalue weighted by Gasteiger charge is 2.28. The molecule has 0 saturated carbocycles. The van der Waals surface area contributed by atoms with Crippen molar-refractivity contribution in [2.75, 3.05) is 38.2 Å². The third kappa shape index (κ3) is 3.94. The molecule has 1 aromatic heterocycles. The zero-order valence-corrected chi connectivity index (χ0v) is 16.0. The van der Waals surface area contributed by atoms with Crippen LogP contribution in [0.25, 0.3) is 22.3 Å². The van der Waals surface area contributed by atoms with E-state index in [-0.39, 0.29) is 5.54 Å². The summed E-state index contributed by atoms with van der Waals surface area (Å²) >= 11 is 0. The number of morpholine rings is 1. The van der Waals surface area contributed by atoms with E-state index in [2.05, 4.69) is 30.1 Å². The Morgan fingerprint density at radius 3 is 2.44 bits per heavy atom. The Kier molecular flexibility index (Phi) is 5.05. The van der Waals surface area contributed by atoms with Gasteiger partial charge in [0.15, 0.2) is 5.82 Å². The molecule has 1 aliphatic rings. The molecule has 140 valence electrons. The van der Waals surface area contributed by atoms with E-state index in [1.165, 1.54) is 0 Å². The summed E-state index contributed by atoms with van der Waals surface area (Å²) in [4.78, 5) is 12.1. The SMILES string of the molecule is CC(C)(CNc1nc(-c2ccccc2)nc2ccccc12)N1CCOCC1. The number of aromatic nitrogens is 2. The van der Waals surface area contributed by atoms with Crippen LogP contribution in [0.4, 0.5) is 5.82 Å². The van der Waals surface area contributed by atoms with Crippen LogP contribution in [0, 0.1) is 0 Å². The third-order valence-electron chi connectivity index (χ3n) is 5.19. The second kappa shape index (κ2) is 7.62. The van der Waals surface area contributed by atoms with E-state index < -0.39 is 0 Å². The van der Waals surface area contributed by atoms with Crippen molar-refractivity contribution in [2.45, 2.75) is 19.4 Å². The van der Waals surface area contributed by atoms with Crippen LogP contribution in [0.1, 0.15) is 13.8 Å². The number of para-hydroxylation sites is 1. The number of benzene rings is 2. The van der Waals surface area contributed by atoms with E-state index in [1.54, 1.807) is 0 Å². The minimum atomic E-state index is 0.0166. The van der Waals surface area contributed by atoms with Crippen molar-refractivity contribution in [1.82, 2.24) is 14.9 Å². The Labute approximate surface area is 160 Å². The topological polar surface area (TPSA) is 50.3 Å². The maximum Gasteiger partial charge on any atom is 0.162 e. The van der Waals surface area contributed by atoms with Crippen LogP contribution >= 0.6 is 0 Å². The molecule has 0 bridgehead atoms. The van der Waals surface area contributed by atoms with Crippen molar-refractivity contribution in [1.29, 1.82) is 0 Å². The molecule has 0 spiro atoms. The summed E-state index contributed by atoms with van der Waals surface area (Å²) in [6.45, 7) is 8.89. The van der Waals surface area contributed by atoms with Gasteiger partial charge in [-0.05, 0) is 26.0 Å². The zero-order chi connectivity index (χ0) is 18.7. The zero-order valence-electron chi connectivity index (χ0n) is 16.0. The van der Waals surface area contributed by atoms with Gasteiger partial charge in [-0.15, -0.1) is 0 Å². The lowest BCUT2D eigenvalue weighted by atomic mass is 10.0. The van der Waals surface area contributed by atoms with E-state index >= 15 is 0 Å². The minimum Gasteiger partial charge on any atom is -0.379 e.